The van der Waals surface area contributed by atoms with Gasteiger partial charge in [0.15, 0.2) is 0 Å². The lowest BCUT2D eigenvalue weighted by atomic mass is 10.1. The Morgan fingerprint density at radius 1 is 1.09 bits per heavy atom. The highest BCUT2D eigenvalue weighted by molar-refractivity contribution is 5.97. The third-order valence-electron chi connectivity index (χ3n) is 6.34. The van der Waals surface area contributed by atoms with Crippen molar-refractivity contribution in [3.8, 4) is 5.75 Å². The van der Waals surface area contributed by atoms with Crippen LogP contribution in [0.5, 0.6) is 5.75 Å². The normalized spacial score (nSPS) is 15.5. The molecule has 0 spiro atoms. The first-order chi connectivity index (χ1) is 17.0. The monoisotopic (exact) mass is 471 g/mol. The number of hydrogen-bond acceptors (Lipinski definition) is 3. The molecule has 1 aliphatic heterocycles. The molecule has 6 nitrogen and oxygen atoms in total. The van der Waals surface area contributed by atoms with Gasteiger partial charge in [0.1, 0.15) is 18.2 Å². The van der Waals surface area contributed by atoms with E-state index in [9.17, 15) is 14.0 Å². The molecule has 2 N–H and O–H groups in total. The minimum Gasteiger partial charge on any atom is -0.489 e. The predicted molar refractivity (Wildman–Crippen MR) is 132 cm³/mol. The zero-order valence-electron chi connectivity index (χ0n) is 19.2. The van der Waals surface area contributed by atoms with Crippen LogP contribution in [0.1, 0.15) is 17.5 Å². The average molecular weight is 472 g/mol. The molecule has 0 radical (unpaired) electrons. The average Bonchev–Trinajstić information content (AvgIpc) is 3.45. The molecule has 0 bridgehead atoms. The number of ether oxygens (including phenoxy) is 1. The number of hydrogen-bond donors (Lipinski definition) is 2. The largest absolute Gasteiger partial charge is 0.489 e. The Kier molecular flexibility index (Phi) is 6.48. The van der Waals surface area contributed by atoms with Crippen LogP contribution in [0.25, 0.3) is 10.9 Å². The van der Waals surface area contributed by atoms with E-state index in [1.165, 1.54) is 12.1 Å². The van der Waals surface area contributed by atoms with Crippen molar-refractivity contribution in [2.24, 2.45) is 5.92 Å². The number of halogens is 1. The van der Waals surface area contributed by atoms with Crippen LogP contribution in [-0.2, 0) is 22.6 Å². The van der Waals surface area contributed by atoms with Crippen molar-refractivity contribution in [2.75, 3.05) is 18.4 Å². The van der Waals surface area contributed by atoms with Crippen LogP contribution in [0.15, 0.2) is 79.0 Å². The van der Waals surface area contributed by atoms with E-state index < -0.39 is 5.92 Å². The Morgan fingerprint density at radius 2 is 1.89 bits per heavy atom. The van der Waals surface area contributed by atoms with Crippen LogP contribution in [0, 0.1) is 11.7 Å². The molecular weight excluding hydrogens is 445 g/mol. The smallest absolute Gasteiger partial charge is 0.229 e. The van der Waals surface area contributed by atoms with Crippen LogP contribution >= 0.6 is 0 Å². The van der Waals surface area contributed by atoms with E-state index in [2.05, 4.69) is 10.3 Å². The molecule has 5 rings (SSSR count). The maximum Gasteiger partial charge on any atom is 0.229 e. The summed E-state index contributed by atoms with van der Waals surface area (Å²) in [5.41, 5.74) is 3.56. The van der Waals surface area contributed by atoms with E-state index in [0.29, 0.717) is 37.6 Å². The third kappa shape index (κ3) is 5.35. The minimum atomic E-state index is -0.406. The standard InChI is InChI=1S/C28H26FN3O3/c29-22-6-11-26-25(15-22)20(16-30-26)12-13-32-17-21(14-27(32)33)28(34)31-23-7-9-24(10-8-23)35-18-19-4-2-1-3-5-19/h1-11,15-16,21,30H,12-14,17-18H2,(H,31,34)/t21-/m1/s1. The highest BCUT2D eigenvalue weighted by atomic mass is 19.1. The van der Waals surface area contributed by atoms with E-state index in [-0.39, 0.29) is 24.1 Å². The Labute approximate surface area is 202 Å². The second-order valence-corrected chi connectivity index (χ2v) is 8.78. The fraction of sp³-hybridized carbons (Fsp3) is 0.214. The summed E-state index contributed by atoms with van der Waals surface area (Å²) in [6.07, 6.45) is 2.63. The molecule has 178 valence electrons. The lowest BCUT2D eigenvalue weighted by Gasteiger charge is -2.16. The molecule has 7 heteroatoms. The summed E-state index contributed by atoms with van der Waals surface area (Å²) in [5.74, 6) is -0.194. The van der Waals surface area contributed by atoms with E-state index in [1.807, 2.05) is 48.7 Å². The quantitative estimate of drug-likeness (QED) is 0.383. The van der Waals surface area contributed by atoms with E-state index in [0.717, 1.165) is 22.0 Å². The summed E-state index contributed by atoms with van der Waals surface area (Å²) < 4.78 is 19.4. The second-order valence-electron chi connectivity index (χ2n) is 8.78. The summed E-state index contributed by atoms with van der Waals surface area (Å²) >= 11 is 0. The van der Waals surface area contributed by atoms with Crippen LogP contribution in [0.2, 0.25) is 0 Å². The summed E-state index contributed by atoms with van der Waals surface area (Å²) in [7, 11) is 0. The molecule has 1 fully saturated rings. The first-order valence-corrected chi connectivity index (χ1v) is 11.7. The molecular formula is C28H26FN3O3. The van der Waals surface area contributed by atoms with Crippen LogP contribution < -0.4 is 10.1 Å². The number of aromatic amines is 1. The summed E-state index contributed by atoms with van der Waals surface area (Å²) in [4.78, 5) is 30.1. The first-order valence-electron chi connectivity index (χ1n) is 11.7. The second kappa shape index (κ2) is 10.0. The molecule has 0 aliphatic carbocycles. The number of fused-ring (bicyclic) bond motifs is 1. The fourth-order valence-corrected chi connectivity index (χ4v) is 4.40. The maximum atomic E-state index is 13.6. The molecule has 4 aromatic rings. The molecule has 0 saturated carbocycles. The SMILES string of the molecule is O=C(Nc1ccc(OCc2ccccc2)cc1)[C@@H]1CC(=O)N(CCc2c[nH]c3ccc(F)cc23)C1. The Bertz CT molecular complexity index is 1330. The lowest BCUT2D eigenvalue weighted by molar-refractivity contribution is -0.128. The number of rotatable bonds is 8. The van der Waals surface area contributed by atoms with Crippen molar-refractivity contribution in [3.63, 3.8) is 0 Å². The van der Waals surface area contributed by atoms with Gasteiger partial charge in [0, 0.05) is 42.3 Å². The molecule has 1 saturated heterocycles. The number of H-pyrrole nitrogens is 1. The maximum absolute atomic E-state index is 13.6. The number of nitrogens with zero attached hydrogens (tertiary/aromatic N) is 1. The number of carbonyl (C=O) groups is 2. The van der Waals surface area contributed by atoms with Crippen molar-refractivity contribution in [2.45, 2.75) is 19.4 Å². The Balaban J connectivity index is 1.13. The van der Waals surface area contributed by atoms with E-state index in [1.54, 1.807) is 23.1 Å². The van der Waals surface area contributed by atoms with E-state index >= 15 is 0 Å². The summed E-state index contributed by atoms with van der Waals surface area (Å²) in [6.45, 7) is 1.33. The topological polar surface area (TPSA) is 74.4 Å². The molecule has 1 aliphatic rings. The van der Waals surface area contributed by atoms with Gasteiger partial charge >= 0.3 is 0 Å². The van der Waals surface area contributed by atoms with Gasteiger partial charge in [0.2, 0.25) is 11.8 Å². The number of benzene rings is 3. The molecule has 0 unspecified atom stereocenters. The summed E-state index contributed by atoms with van der Waals surface area (Å²) in [5, 5.41) is 3.73. The van der Waals surface area contributed by atoms with Gasteiger partial charge in [-0.25, -0.2) is 4.39 Å². The van der Waals surface area contributed by atoms with Crippen molar-refractivity contribution >= 4 is 28.4 Å². The fourth-order valence-electron chi connectivity index (χ4n) is 4.40. The van der Waals surface area contributed by atoms with Gasteiger partial charge in [0.05, 0.1) is 5.92 Å². The van der Waals surface area contributed by atoms with Gasteiger partial charge in [-0.3, -0.25) is 9.59 Å². The minimum absolute atomic E-state index is 0.0409. The van der Waals surface area contributed by atoms with E-state index in [4.69, 9.17) is 4.74 Å². The van der Waals surface area contributed by atoms with Gasteiger partial charge in [-0.2, -0.15) is 0 Å². The Morgan fingerprint density at radius 3 is 2.69 bits per heavy atom. The van der Waals surface area contributed by atoms with Crippen LogP contribution in [0.3, 0.4) is 0 Å². The third-order valence-corrected chi connectivity index (χ3v) is 6.34. The van der Waals surface area contributed by atoms with Gasteiger partial charge < -0.3 is 19.9 Å². The van der Waals surface area contributed by atoms with Crippen molar-refractivity contribution in [1.82, 2.24) is 9.88 Å². The Hall–Kier alpha value is -4.13. The van der Waals surface area contributed by atoms with Crippen LogP contribution in [0.4, 0.5) is 10.1 Å². The number of likely N-dealkylation sites (tertiary alicyclic amines) is 1. The molecule has 3 aromatic carbocycles. The summed E-state index contributed by atoms with van der Waals surface area (Å²) in [6, 6.07) is 21.7. The van der Waals surface area contributed by atoms with Gasteiger partial charge in [-0.15, -0.1) is 0 Å². The lowest BCUT2D eigenvalue weighted by Crippen LogP contribution is -2.30. The van der Waals surface area contributed by atoms with Gasteiger partial charge in [-0.1, -0.05) is 30.3 Å². The zero-order chi connectivity index (χ0) is 24.2. The molecule has 1 atom stereocenters. The number of carbonyl (C=O) groups excluding carboxylic acids is 2. The molecule has 1 aromatic heterocycles. The van der Waals surface area contributed by atoms with Crippen LogP contribution in [-0.4, -0.2) is 34.8 Å². The number of anilines is 1. The number of nitrogens with one attached hydrogen (secondary N) is 2. The van der Waals surface area contributed by atoms with Crippen molar-refractivity contribution < 1.29 is 18.7 Å². The van der Waals surface area contributed by atoms with Crippen molar-refractivity contribution in [3.05, 3.63) is 95.9 Å². The predicted octanol–water partition coefficient (Wildman–Crippen LogP) is 4.92. The van der Waals surface area contributed by atoms with Gasteiger partial charge in [-0.05, 0) is 60.0 Å². The highest BCUT2D eigenvalue weighted by Crippen LogP contribution is 2.24. The van der Waals surface area contributed by atoms with Crippen molar-refractivity contribution in [1.29, 1.82) is 0 Å². The highest BCUT2D eigenvalue weighted by Gasteiger charge is 2.34. The number of aromatic nitrogens is 1. The molecule has 35 heavy (non-hydrogen) atoms. The molecule has 2 heterocycles. The zero-order valence-corrected chi connectivity index (χ0v) is 19.2. The first kappa shape index (κ1) is 22.7. The van der Waals surface area contributed by atoms with Gasteiger partial charge in [0.25, 0.3) is 0 Å². The molecule has 2 amide bonds. The number of amides is 2.